The predicted octanol–water partition coefficient (Wildman–Crippen LogP) is 1.18. The first-order valence-corrected chi connectivity index (χ1v) is 4.48. The Kier molecular flexibility index (Phi) is 3.29. The summed E-state index contributed by atoms with van der Waals surface area (Å²) in [6.45, 7) is 5.16. The van der Waals surface area contributed by atoms with Gasteiger partial charge in [-0.15, -0.1) is 0 Å². The van der Waals surface area contributed by atoms with Crippen LogP contribution in [-0.2, 0) is 13.0 Å². The van der Waals surface area contributed by atoms with Crippen molar-refractivity contribution in [2.75, 3.05) is 0 Å². The number of nitrogens with zero attached hydrogens (tertiary/aromatic N) is 2. The Labute approximate surface area is 73.6 Å². The second-order valence-electron chi connectivity index (χ2n) is 3.20. The summed E-state index contributed by atoms with van der Waals surface area (Å²) in [5, 5.41) is 0. The average molecular weight is 167 g/mol. The monoisotopic (exact) mass is 167 g/mol. The largest absolute Gasteiger partial charge is 0.335 e. The normalized spacial score (nSPS) is 13.2. The lowest BCUT2D eigenvalue weighted by Gasteiger charge is -2.08. The molecule has 1 heterocycles. The molecule has 0 aromatic carbocycles. The molecule has 3 heteroatoms. The second kappa shape index (κ2) is 4.26. The van der Waals surface area contributed by atoms with E-state index < -0.39 is 0 Å². The molecule has 1 aromatic heterocycles. The Morgan fingerprint density at radius 3 is 3.00 bits per heavy atom. The van der Waals surface area contributed by atoms with Crippen LogP contribution in [0.3, 0.4) is 0 Å². The molecule has 0 aliphatic carbocycles. The van der Waals surface area contributed by atoms with Crippen LogP contribution in [0, 0.1) is 0 Å². The van der Waals surface area contributed by atoms with E-state index in [1.807, 2.05) is 19.4 Å². The van der Waals surface area contributed by atoms with Crippen LogP contribution in [0.2, 0.25) is 0 Å². The Balaban J connectivity index is 2.50. The fourth-order valence-electron chi connectivity index (χ4n) is 1.19. The number of imidazole rings is 1. The van der Waals surface area contributed by atoms with Crippen molar-refractivity contribution in [3.05, 3.63) is 18.2 Å². The molecule has 0 aliphatic rings. The minimum Gasteiger partial charge on any atom is -0.335 e. The lowest BCUT2D eigenvalue weighted by atomic mass is 10.2. The quantitative estimate of drug-likeness (QED) is 0.732. The van der Waals surface area contributed by atoms with Crippen LogP contribution in [0.4, 0.5) is 0 Å². The average Bonchev–Trinajstić information content (AvgIpc) is 2.47. The van der Waals surface area contributed by atoms with Gasteiger partial charge < -0.3 is 10.3 Å². The van der Waals surface area contributed by atoms with E-state index >= 15 is 0 Å². The third-order valence-electron chi connectivity index (χ3n) is 1.99. The van der Waals surface area contributed by atoms with Crippen LogP contribution >= 0.6 is 0 Å². The molecule has 3 nitrogen and oxygen atoms in total. The predicted molar refractivity (Wildman–Crippen MR) is 49.9 cm³/mol. The van der Waals surface area contributed by atoms with Crippen molar-refractivity contribution in [2.45, 2.75) is 39.3 Å². The number of aromatic nitrogens is 2. The van der Waals surface area contributed by atoms with Gasteiger partial charge in [0.25, 0.3) is 0 Å². The van der Waals surface area contributed by atoms with Gasteiger partial charge in [-0.25, -0.2) is 4.98 Å². The zero-order valence-electron chi connectivity index (χ0n) is 7.83. The summed E-state index contributed by atoms with van der Waals surface area (Å²) in [4.78, 5) is 4.09. The number of nitrogens with two attached hydrogens (primary N) is 1. The fraction of sp³-hybridized carbons (Fsp3) is 0.667. The van der Waals surface area contributed by atoms with E-state index in [1.54, 1.807) is 0 Å². The molecule has 12 heavy (non-hydrogen) atoms. The third kappa shape index (κ3) is 2.34. The lowest BCUT2D eigenvalue weighted by Crippen LogP contribution is -2.17. The number of hydrogen-bond donors (Lipinski definition) is 1. The van der Waals surface area contributed by atoms with Gasteiger partial charge in [0.1, 0.15) is 0 Å². The van der Waals surface area contributed by atoms with Crippen molar-refractivity contribution >= 4 is 0 Å². The maximum Gasteiger partial charge on any atom is 0.0948 e. The highest BCUT2D eigenvalue weighted by molar-refractivity contribution is 4.97. The summed E-state index contributed by atoms with van der Waals surface area (Å²) in [6, 6.07) is 0.275. The Bertz CT molecular complexity index is 227. The van der Waals surface area contributed by atoms with Crippen LogP contribution < -0.4 is 5.73 Å². The number of aryl methyl sites for hydroxylation is 2. The first-order valence-electron chi connectivity index (χ1n) is 4.48. The molecular formula is C9H17N3. The minimum atomic E-state index is 0.275. The van der Waals surface area contributed by atoms with Gasteiger partial charge in [-0.1, -0.05) is 6.92 Å². The first kappa shape index (κ1) is 9.26. The molecule has 2 N–H and O–H groups in total. The van der Waals surface area contributed by atoms with Crippen molar-refractivity contribution in [1.82, 2.24) is 9.55 Å². The van der Waals surface area contributed by atoms with Gasteiger partial charge in [-0.3, -0.25) is 0 Å². The molecule has 68 valence electrons. The lowest BCUT2D eigenvalue weighted by molar-refractivity contribution is 0.558. The van der Waals surface area contributed by atoms with Gasteiger partial charge in [0, 0.05) is 24.5 Å². The fourth-order valence-corrected chi connectivity index (χ4v) is 1.19. The maximum atomic E-state index is 5.67. The molecule has 1 unspecified atom stereocenters. The van der Waals surface area contributed by atoms with E-state index in [9.17, 15) is 0 Å². The third-order valence-corrected chi connectivity index (χ3v) is 1.99. The van der Waals surface area contributed by atoms with Crippen molar-refractivity contribution in [1.29, 1.82) is 0 Å². The van der Waals surface area contributed by atoms with E-state index in [-0.39, 0.29) is 6.04 Å². The minimum absolute atomic E-state index is 0.275. The Hall–Kier alpha value is -0.830. The molecule has 0 saturated heterocycles. The number of hydrogen-bond acceptors (Lipinski definition) is 2. The molecule has 0 radical (unpaired) electrons. The Morgan fingerprint density at radius 2 is 2.42 bits per heavy atom. The van der Waals surface area contributed by atoms with E-state index in [0.717, 1.165) is 19.4 Å². The van der Waals surface area contributed by atoms with Gasteiger partial charge in [-0.2, -0.15) is 0 Å². The summed E-state index contributed by atoms with van der Waals surface area (Å²) < 4.78 is 2.17. The summed E-state index contributed by atoms with van der Waals surface area (Å²) in [5.41, 5.74) is 6.95. The molecular weight excluding hydrogens is 150 g/mol. The molecule has 0 bridgehead atoms. The smallest absolute Gasteiger partial charge is 0.0948 e. The highest BCUT2D eigenvalue weighted by Gasteiger charge is 2.00. The summed E-state index contributed by atoms with van der Waals surface area (Å²) in [5.74, 6) is 0. The summed E-state index contributed by atoms with van der Waals surface area (Å²) in [7, 11) is 0. The maximum absolute atomic E-state index is 5.67. The van der Waals surface area contributed by atoms with E-state index in [2.05, 4.69) is 16.5 Å². The molecule has 0 aliphatic heterocycles. The van der Waals surface area contributed by atoms with Crippen molar-refractivity contribution in [3.63, 3.8) is 0 Å². The highest BCUT2D eigenvalue weighted by atomic mass is 15.0. The van der Waals surface area contributed by atoms with Crippen LogP contribution in [0.25, 0.3) is 0 Å². The molecule has 1 rings (SSSR count). The molecule has 1 aromatic rings. The topological polar surface area (TPSA) is 43.8 Å². The molecule has 0 fully saturated rings. The SMILES string of the molecule is CCc1cncn1CCC(C)N. The van der Waals surface area contributed by atoms with E-state index in [0.29, 0.717) is 0 Å². The summed E-state index contributed by atoms with van der Waals surface area (Å²) in [6.07, 6.45) is 5.85. The molecule has 0 spiro atoms. The number of rotatable bonds is 4. The molecule has 1 atom stereocenters. The molecule has 0 amide bonds. The van der Waals surface area contributed by atoms with Crippen LogP contribution in [0.5, 0.6) is 0 Å². The van der Waals surface area contributed by atoms with Gasteiger partial charge in [0.15, 0.2) is 0 Å². The van der Waals surface area contributed by atoms with E-state index in [1.165, 1.54) is 5.69 Å². The first-order chi connectivity index (χ1) is 5.74. The van der Waals surface area contributed by atoms with Crippen molar-refractivity contribution in [2.24, 2.45) is 5.73 Å². The van der Waals surface area contributed by atoms with Gasteiger partial charge in [-0.05, 0) is 19.8 Å². The van der Waals surface area contributed by atoms with E-state index in [4.69, 9.17) is 5.73 Å². The van der Waals surface area contributed by atoms with Crippen molar-refractivity contribution in [3.8, 4) is 0 Å². The Morgan fingerprint density at radius 1 is 1.67 bits per heavy atom. The van der Waals surface area contributed by atoms with Gasteiger partial charge >= 0.3 is 0 Å². The highest BCUT2D eigenvalue weighted by Crippen LogP contribution is 2.02. The van der Waals surface area contributed by atoms with Crippen molar-refractivity contribution < 1.29 is 0 Å². The summed E-state index contributed by atoms with van der Waals surface area (Å²) >= 11 is 0. The van der Waals surface area contributed by atoms with Crippen LogP contribution in [0.1, 0.15) is 26.0 Å². The standard InChI is InChI=1S/C9H17N3/c1-3-9-6-11-7-12(9)5-4-8(2)10/h6-8H,3-5,10H2,1-2H3. The zero-order chi connectivity index (χ0) is 8.97. The van der Waals surface area contributed by atoms with Crippen LogP contribution in [0.15, 0.2) is 12.5 Å². The van der Waals surface area contributed by atoms with Gasteiger partial charge in [0.05, 0.1) is 6.33 Å². The zero-order valence-corrected chi connectivity index (χ0v) is 7.83. The molecule has 0 saturated carbocycles. The second-order valence-corrected chi connectivity index (χ2v) is 3.20. The van der Waals surface area contributed by atoms with Crippen LogP contribution in [-0.4, -0.2) is 15.6 Å². The van der Waals surface area contributed by atoms with Gasteiger partial charge in [0.2, 0.25) is 0 Å².